The van der Waals surface area contributed by atoms with Crippen LogP contribution in [0.3, 0.4) is 0 Å². The number of hydrogen-bond acceptors (Lipinski definition) is 0. The molecule has 0 N–H and O–H groups in total. The van der Waals surface area contributed by atoms with Gasteiger partial charge in [-0.15, -0.1) is 0 Å². The van der Waals surface area contributed by atoms with Gasteiger partial charge in [-0.05, 0) is 30.3 Å². The van der Waals surface area contributed by atoms with E-state index in [1.807, 2.05) is 36.4 Å². The van der Waals surface area contributed by atoms with Gasteiger partial charge in [-0.2, -0.15) is 0 Å². The Bertz CT molecular complexity index is 617. The zero-order chi connectivity index (χ0) is 11.8. The van der Waals surface area contributed by atoms with Crippen molar-refractivity contribution in [2.45, 2.75) is 0 Å². The zero-order valence-corrected chi connectivity index (χ0v) is 10.3. The van der Waals surface area contributed by atoms with E-state index in [0.29, 0.717) is 10.0 Å². The summed E-state index contributed by atoms with van der Waals surface area (Å²) < 4.78 is 0. The molecule has 0 saturated heterocycles. The van der Waals surface area contributed by atoms with Crippen molar-refractivity contribution in [3.63, 3.8) is 0 Å². The molecule has 0 aromatic heterocycles. The molecule has 3 heteroatoms. The minimum absolute atomic E-state index is 0.663. The molecule has 1 aliphatic rings. The SMILES string of the molecule is Clc1ccc(Cl)c(C2=Cc3ccccc3[N]2)c1. The van der Waals surface area contributed by atoms with Crippen LogP contribution in [0.15, 0.2) is 42.5 Å². The fourth-order valence-corrected chi connectivity index (χ4v) is 2.24. The van der Waals surface area contributed by atoms with Gasteiger partial charge in [-0.1, -0.05) is 41.4 Å². The number of nitrogens with zero attached hydrogens (tertiary/aromatic N) is 1. The van der Waals surface area contributed by atoms with E-state index >= 15 is 0 Å². The van der Waals surface area contributed by atoms with Gasteiger partial charge in [0, 0.05) is 16.1 Å². The smallest absolute Gasteiger partial charge is 0.0731 e. The van der Waals surface area contributed by atoms with E-state index in [-0.39, 0.29) is 0 Å². The van der Waals surface area contributed by atoms with E-state index in [0.717, 1.165) is 22.5 Å². The Morgan fingerprint density at radius 1 is 0.941 bits per heavy atom. The Kier molecular flexibility index (Phi) is 2.58. The molecule has 0 fully saturated rings. The number of fused-ring (bicyclic) bond motifs is 1. The lowest BCUT2D eigenvalue weighted by Crippen LogP contribution is -1.93. The molecule has 3 rings (SSSR count). The molecule has 0 unspecified atom stereocenters. The first-order valence-corrected chi connectivity index (χ1v) is 5.97. The molecule has 0 atom stereocenters. The summed E-state index contributed by atoms with van der Waals surface area (Å²) >= 11 is 12.1. The molecule has 0 aliphatic carbocycles. The van der Waals surface area contributed by atoms with Crippen molar-refractivity contribution in [3.8, 4) is 0 Å². The van der Waals surface area contributed by atoms with Crippen LogP contribution in [0.25, 0.3) is 11.8 Å². The Balaban J connectivity index is 2.06. The minimum Gasteiger partial charge on any atom is -0.248 e. The molecule has 0 saturated carbocycles. The van der Waals surface area contributed by atoms with Crippen molar-refractivity contribution >= 4 is 40.7 Å². The van der Waals surface area contributed by atoms with Crippen LogP contribution < -0.4 is 5.32 Å². The predicted molar refractivity (Wildman–Crippen MR) is 72.6 cm³/mol. The van der Waals surface area contributed by atoms with Gasteiger partial charge >= 0.3 is 0 Å². The maximum absolute atomic E-state index is 6.16. The second-order valence-electron chi connectivity index (χ2n) is 3.82. The summed E-state index contributed by atoms with van der Waals surface area (Å²) in [4.78, 5) is 0. The summed E-state index contributed by atoms with van der Waals surface area (Å²) in [5, 5.41) is 5.87. The number of benzene rings is 2. The predicted octanol–water partition coefficient (Wildman–Crippen LogP) is 4.74. The lowest BCUT2D eigenvalue weighted by molar-refractivity contribution is 1.23. The average Bonchev–Trinajstić information content (AvgIpc) is 2.75. The Labute approximate surface area is 110 Å². The topological polar surface area (TPSA) is 14.1 Å². The molecule has 2 aromatic rings. The maximum Gasteiger partial charge on any atom is 0.0731 e. The van der Waals surface area contributed by atoms with Gasteiger partial charge in [0.2, 0.25) is 0 Å². The number of hydrogen-bond donors (Lipinski definition) is 0. The van der Waals surface area contributed by atoms with E-state index in [9.17, 15) is 0 Å². The van der Waals surface area contributed by atoms with Gasteiger partial charge in [0.05, 0.1) is 16.4 Å². The van der Waals surface area contributed by atoms with E-state index in [4.69, 9.17) is 23.2 Å². The number of rotatable bonds is 1. The fourth-order valence-electron chi connectivity index (χ4n) is 1.85. The third kappa shape index (κ3) is 1.92. The molecule has 1 radical (unpaired) electrons. The van der Waals surface area contributed by atoms with Gasteiger partial charge in [0.25, 0.3) is 0 Å². The van der Waals surface area contributed by atoms with Crippen molar-refractivity contribution in [1.29, 1.82) is 0 Å². The highest BCUT2D eigenvalue weighted by molar-refractivity contribution is 6.34. The normalized spacial score (nSPS) is 12.9. The van der Waals surface area contributed by atoms with Gasteiger partial charge < -0.3 is 0 Å². The monoisotopic (exact) mass is 260 g/mol. The maximum atomic E-state index is 6.16. The van der Waals surface area contributed by atoms with Crippen LogP contribution in [0.4, 0.5) is 5.69 Å². The van der Waals surface area contributed by atoms with Crippen molar-refractivity contribution in [2.24, 2.45) is 0 Å². The van der Waals surface area contributed by atoms with Gasteiger partial charge in [0.1, 0.15) is 0 Å². The summed E-state index contributed by atoms with van der Waals surface area (Å²) in [5.74, 6) is 0. The van der Waals surface area contributed by atoms with Crippen molar-refractivity contribution in [1.82, 2.24) is 5.32 Å². The van der Waals surface area contributed by atoms with E-state index < -0.39 is 0 Å². The van der Waals surface area contributed by atoms with Crippen molar-refractivity contribution in [3.05, 3.63) is 63.6 Å². The summed E-state index contributed by atoms with van der Waals surface area (Å²) in [6.07, 6.45) is 2.02. The molecule has 1 nitrogen and oxygen atoms in total. The fraction of sp³-hybridized carbons (Fsp3) is 0. The van der Waals surface area contributed by atoms with E-state index in [2.05, 4.69) is 5.32 Å². The highest BCUT2D eigenvalue weighted by atomic mass is 35.5. The Morgan fingerprint density at radius 3 is 2.59 bits per heavy atom. The molecule has 1 heterocycles. The van der Waals surface area contributed by atoms with Crippen LogP contribution in [0.5, 0.6) is 0 Å². The van der Waals surface area contributed by atoms with Crippen molar-refractivity contribution in [2.75, 3.05) is 0 Å². The highest BCUT2D eigenvalue weighted by Gasteiger charge is 2.16. The van der Waals surface area contributed by atoms with Crippen LogP contribution in [-0.4, -0.2) is 0 Å². The highest BCUT2D eigenvalue weighted by Crippen LogP contribution is 2.35. The largest absolute Gasteiger partial charge is 0.248 e. The molecule has 1 aliphatic heterocycles. The Morgan fingerprint density at radius 2 is 1.76 bits per heavy atom. The number of para-hydroxylation sites is 1. The Hall–Kier alpha value is -1.44. The van der Waals surface area contributed by atoms with Crippen LogP contribution in [0.1, 0.15) is 11.1 Å². The molecular weight excluding hydrogens is 253 g/mol. The summed E-state index contributed by atoms with van der Waals surface area (Å²) in [6, 6.07) is 13.4. The zero-order valence-electron chi connectivity index (χ0n) is 8.82. The first kappa shape index (κ1) is 10.7. The molecule has 0 spiro atoms. The van der Waals surface area contributed by atoms with Crippen LogP contribution in [0.2, 0.25) is 10.0 Å². The molecule has 17 heavy (non-hydrogen) atoms. The standard InChI is InChI=1S/C14H8Cl2N/c15-10-5-6-12(16)11(8-10)14-7-9-3-1-2-4-13(9)17-14/h1-8H. The van der Waals surface area contributed by atoms with Crippen LogP contribution >= 0.6 is 23.2 Å². The molecule has 2 aromatic carbocycles. The van der Waals surface area contributed by atoms with E-state index in [1.165, 1.54) is 0 Å². The second-order valence-corrected chi connectivity index (χ2v) is 4.67. The lowest BCUT2D eigenvalue weighted by atomic mass is 10.1. The van der Waals surface area contributed by atoms with E-state index in [1.54, 1.807) is 12.1 Å². The van der Waals surface area contributed by atoms with Gasteiger partial charge in [0.15, 0.2) is 0 Å². The third-order valence-corrected chi connectivity index (χ3v) is 3.24. The van der Waals surface area contributed by atoms with Crippen molar-refractivity contribution < 1.29 is 0 Å². The summed E-state index contributed by atoms with van der Waals surface area (Å²) in [6.45, 7) is 0. The third-order valence-electron chi connectivity index (χ3n) is 2.67. The molecular formula is C14H8Cl2N. The minimum atomic E-state index is 0.663. The average molecular weight is 261 g/mol. The molecule has 83 valence electrons. The first-order chi connectivity index (χ1) is 8.24. The lowest BCUT2D eigenvalue weighted by Gasteiger charge is -2.05. The molecule has 0 bridgehead atoms. The first-order valence-electron chi connectivity index (χ1n) is 5.22. The van der Waals surface area contributed by atoms with Crippen LogP contribution in [-0.2, 0) is 0 Å². The number of halogens is 2. The second kappa shape index (κ2) is 4.10. The molecule has 0 amide bonds. The summed E-state index contributed by atoms with van der Waals surface area (Å²) in [5.41, 5.74) is 3.81. The van der Waals surface area contributed by atoms with Crippen LogP contribution in [0, 0.1) is 0 Å². The summed E-state index contributed by atoms with van der Waals surface area (Å²) in [7, 11) is 0. The van der Waals surface area contributed by atoms with Gasteiger partial charge in [-0.25, -0.2) is 5.32 Å². The van der Waals surface area contributed by atoms with Gasteiger partial charge in [-0.3, -0.25) is 0 Å². The quantitative estimate of drug-likeness (QED) is 0.703.